The summed E-state index contributed by atoms with van der Waals surface area (Å²) in [5, 5.41) is 2.75. The predicted octanol–water partition coefficient (Wildman–Crippen LogP) is 9.80. The van der Waals surface area contributed by atoms with Crippen LogP contribution in [-0.2, 0) is 11.8 Å². The van der Waals surface area contributed by atoms with E-state index in [2.05, 4.69) is 97.1 Å². The Kier molecular flexibility index (Phi) is 3.97. The van der Waals surface area contributed by atoms with Crippen molar-refractivity contribution >= 4 is 10.8 Å². The number of hydrogen-bond acceptors (Lipinski definition) is 0. The minimum absolute atomic E-state index is 0.262. The van der Waals surface area contributed by atoms with Crippen molar-refractivity contribution in [2.75, 3.05) is 0 Å². The van der Waals surface area contributed by atoms with Gasteiger partial charge in [0.2, 0.25) is 0 Å². The van der Waals surface area contributed by atoms with Crippen LogP contribution in [0.5, 0.6) is 0 Å². The van der Waals surface area contributed by atoms with E-state index < -0.39 is 0 Å². The Labute approximate surface area is 230 Å². The standard InChI is InChI=1S/C39H32/c1-2-6-31-25(5-1)9-13-33-32-12-10-26(20-28(32)22-35(31)33)27-11-14-38-36(21-27)34-7-3-4-8-37(34)39(38)29-16-23-15-24(18-29)19-30(39)17-23/h1-14,20-21,23-24,29-30H,15-19,22H2. The molecule has 4 saturated carbocycles. The quantitative estimate of drug-likeness (QED) is 0.211. The molecule has 4 fully saturated rings. The van der Waals surface area contributed by atoms with Crippen molar-refractivity contribution in [3.05, 3.63) is 119 Å². The van der Waals surface area contributed by atoms with Crippen molar-refractivity contribution in [2.24, 2.45) is 23.7 Å². The van der Waals surface area contributed by atoms with Gasteiger partial charge in [-0.05, 0) is 135 Å². The summed E-state index contributed by atoms with van der Waals surface area (Å²) in [5.41, 5.74) is 15.1. The van der Waals surface area contributed by atoms with E-state index >= 15 is 0 Å². The first-order valence-corrected chi connectivity index (χ1v) is 15.2. The molecular formula is C39H32. The maximum absolute atomic E-state index is 2.56. The Hall–Kier alpha value is -3.64. The lowest BCUT2D eigenvalue weighted by molar-refractivity contribution is -0.0399. The molecular weight excluding hydrogens is 468 g/mol. The molecule has 188 valence electrons. The Morgan fingerprint density at radius 3 is 2.08 bits per heavy atom. The largest absolute Gasteiger partial charge is 0.0619 e. The first-order valence-electron chi connectivity index (χ1n) is 15.2. The third-order valence-electron chi connectivity index (χ3n) is 11.7. The Morgan fingerprint density at radius 1 is 0.513 bits per heavy atom. The fourth-order valence-corrected chi connectivity index (χ4v) is 10.5. The summed E-state index contributed by atoms with van der Waals surface area (Å²) in [6.07, 6.45) is 8.33. The molecule has 0 heterocycles. The Balaban J connectivity index is 1.10. The molecule has 0 aromatic heterocycles. The van der Waals surface area contributed by atoms with Gasteiger partial charge >= 0.3 is 0 Å². The van der Waals surface area contributed by atoms with E-state index in [0.717, 1.165) is 30.1 Å². The highest BCUT2D eigenvalue weighted by Crippen LogP contribution is 2.69. The smallest absolute Gasteiger partial charge is 0.0271 e. The van der Waals surface area contributed by atoms with E-state index in [1.165, 1.54) is 87.4 Å². The first kappa shape index (κ1) is 21.2. The summed E-state index contributed by atoms with van der Waals surface area (Å²) in [7, 11) is 0. The molecule has 5 aromatic carbocycles. The van der Waals surface area contributed by atoms with Gasteiger partial charge in [0.15, 0.2) is 0 Å². The van der Waals surface area contributed by atoms with Gasteiger partial charge in [-0.15, -0.1) is 0 Å². The fraction of sp³-hybridized carbons (Fsp3) is 0.282. The van der Waals surface area contributed by atoms with Crippen molar-refractivity contribution in [2.45, 2.75) is 43.9 Å². The van der Waals surface area contributed by atoms with Crippen LogP contribution in [0.1, 0.15) is 54.4 Å². The van der Waals surface area contributed by atoms with E-state index in [1.807, 2.05) is 0 Å². The van der Waals surface area contributed by atoms with Gasteiger partial charge in [0.25, 0.3) is 0 Å². The van der Waals surface area contributed by atoms with Gasteiger partial charge in [0, 0.05) is 5.41 Å². The highest BCUT2D eigenvalue weighted by Gasteiger charge is 2.61. The van der Waals surface area contributed by atoms with Crippen molar-refractivity contribution in [3.8, 4) is 33.4 Å². The van der Waals surface area contributed by atoms with Crippen LogP contribution in [-0.4, -0.2) is 0 Å². The van der Waals surface area contributed by atoms with Crippen molar-refractivity contribution < 1.29 is 0 Å². The first-order chi connectivity index (χ1) is 19.3. The molecule has 0 heteroatoms. The second-order valence-electron chi connectivity index (χ2n) is 13.3. The molecule has 0 N–H and O–H groups in total. The molecule has 39 heavy (non-hydrogen) atoms. The molecule has 0 nitrogen and oxygen atoms in total. The monoisotopic (exact) mass is 500 g/mol. The third-order valence-corrected chi connectivity index (χ3v) is 11.7. The van der Waals surface area contributed by atoms with E-state index in [1.54, 1.807) is 11.1 Å². The van der Waals surface area contributed by atoms with Crippen LogP contribution in [0.2, 0.25) is 0 Å². The van der Waals surface area contributed by atoms with Gasteiger partial charge in [-0.3, -0.25) is 0 Å². The van der Waals surface area contributed by atoms with E-state index in [9.17, 15) is 0 Å². The van der Waals surface area contributed by atoms with Gasteiger partial charge in [-0.25, -0.2) is 0 Å². The van der Waals surface area contributed by atoms with Crippen molar-refractivity contribution in [1.82, 2.24) is 0 Å². The van der Waals surface area contributed by atoms with Crippen LogP contribution in [0.15, 0.2) is 97.1 Å². The molecule has 6 aliphatic rings. The second kappa shape index (κ2) is 7.30. The minimum atomic E-state index is 0.262. The molecule has 0 saturated heterocycles. The zero-order valence-electron chi connectivity index (χ0n) is 22.3. The summed E-state index contributed by atoms with van der Waals surface area (Å²) >= 11 is 0. The highest BCUT2D eigenvalue weighted by atomic mass is 14.6. The van der Waals surface area contributed by atoms with E-state index in [-0.39, 0.29) is 5.41 Å². The molecule has 1 spiro atoms. The maximum atomic E-state index is 2.56. The number of benzene rings is 5. The SMILES string of the molecule is c1ccc2c(c1)-c1cc(-c3ccc4c(c3)Cc3c-4ccc4ccccc34)ccc1C21C2CC3CC(C2)CC1C3. The zero-order valence-corrected chi connectivity index (χ0v) is 22.3. The van der Waals surface area contributed by atoms with Crippen LogP contribution in [0.4, 0.5) is 0 Å². The van der Waals surface area contributed by atoms with Crippen LogP contribution in [0, 0.1) is 23.7 Å². The highest BCUT2D eigenvalue weighted by molar-refractivity contribution is 5.96. The lowest BCUT2D eigenvalue weighted by Gasteiger charge is -2.61. The molecule has 0 radical (unpaired) electrons. The molecule has 5 aromatic rings. The lowest BCUT2D eigenvalue weighted by atomic mass is 9.43. The van der Waals surface area contributed by atoms with E-state index in [4.69, 9.17) is 0 Å². The molecule has 4 bridgehead atoms. The number of hydrogen-bond donors (Lipinski definition) is 0. The number of fused-ring (bicyclic) bond motifs is 8. The lowest BCUT2D eigenvalue weighted by Crippen LogP contribution is -2.55. The average Bonchev–Trinajstić information content (AvgIpc) is 3.49. The molecule has 6 aliphatic carbocycles. The van der Waals surface area contributed by atoms with Gasteiger partial charge in [-0.1, -0.05) is 91.0 Å². The van der Waals surface area contributed by atoms with Crippen molar-refractivity contribution in [3.63, 3.8) is 0 Å². The van der Waals surface area contributed by atoms with Crippen LogP contribution < -0.4 is 0 Å². The average molecular weight is 501 g/mol. The summed E-state index contributed by atoms with van der Waals surface area (Å²) in [4.78, 5) is 0. The summed E-state index contributed by atoms with van der Waals surface area (Å²) in [6, 6.07) is 37.7. The van der Waals surface area contributed by atoms with Crippen LogP contribution in [0.25, 0.3) is 44.2 Å². The molecule has 11 rings (SSSR count). The molecule has 0 aliphatic heterocycles. The van der Waals surface area contributed by atoms with Gasteiger partial charge in [0.1, 0.15) is 0 Å². The summed E-state index contributed by atoms with van der Waals surface area (Å²) < 4.78 is 0. The minimum Gasteiger partial charge on any atom is -0.0619 e. The fourth-order valence-electron chi connectivity index (χ4n) is 10.5. The normalized spacial score (nSPS) is 28.5. The molecule has 0 atom stereocenters. The number of rotatable bonds is 1. The maximum Gasteiger partial charge on any atom is 0.0271 e. The second-order valence-corrected chi connectivity index (χ2v) is 13.3. The predicted molar refractivity (Wildman–Crippen MR) is 161 cm³/mol. The van der Waals surface area contributed by atoms with E-state index in [0.29, 0.717) is 0 Å². The third kappa shape index (κ3) is 2.61. The Bertz CT molecular complexity index is 1820. The van der Waals surface area contributed by atoms with Crippen LogP contribution >= 0.6 is 0 Å². The zero-order chi connectivity index (χ0) is 25.3. The van der Waals surface area contributed by atoms with Gasteiger partial charge in [-0.2, -0.15) is 0 Å². The summed E-state index contributed by atoms with van der Waals surface area (Å²) in [6.45, 7) is 0. The molecule has 0 unspecified atom stereocenters. The van der Waals surface area contributed by atoms with Gasteiger partial charge in [0.05, 0.1) is 0 Å². The van der Waals surface area contributed by atoms with Crippen molar-refractivity contribution in [1.29, 1.82) is 0 Å². The molecule has 0 amide bonds. The Morgan fingerprint density at radius 2 is 1.21 bits per heavy atom. The summed E-state index contributed by atoms with van der Waals surface area (Å²) in [5.74, 6) is 3.63. The van der Waals surface area contributed by atoms with Gasteiger partial charge < -0.3 is 0 Å². The van der Waals surface area contributed by atoms with Crippen LogP contribution in [0.3, 0.4) is 0 Å². The topological polar surface area (TPSA) is 0 Å².